The molecule has 0 aromatic heterocycles. The maximum atomic E-state index is 0. The van der Waals surface area contributed by atoms with Gasteiger partial charge < -0.3 is 5.48 Å². The average Bonchev–Trinajstić information content (AvgIpc) is 0. The normalized spacial score (nSPS) is 0. The Hall–Kier alpha value is 1.88. The number of rotatable bonds is 0. The fourth-order valence-corrected chi connectivity index (χ4v) is 0. The molecule has 0 aliphatic heterocycles. The van der Waals surface area contributed by atoms with Crippen molar-refractivity contribution in [3.63, 3.8) is 0 Å². The third-order valence-corrected chi connectivity index (χ3v) is 0. The van der Waals surface area contributed by atoms with Crippen molar-refractivity contribution in [2.45, 2.75) is 0 Å². The minimum absolute atomic E-state index is 0. The summed E-state index contributed by atoms with van der Waals surface area (Å²) in [5.41, 5.74) is 0. The Morgan fingerprint density at radius 1 is 1.00 bits per heavy atom. The van der Waals surface area contributed by atoms with Gasteiger partial charge in [-0.25, -0.2) is 0 Å². The number of hydrogen-bond donors (Lipinski definition) is 0. The van der Waals surface area contributed by atoms with Crippen LogP contribution in [0.5, 0.6) is 0 Å². The van der Waals surface area contributed by atoms with Gasteiger partial charge in [0.2, 0.25) is 0 Å². The molecule has 0 rings (SSSR count). The fraction of sp³-hybridized carbons (Fsp3) is 0. The molecule has 0 saturated carbocycles. The molecule has 0 amide bonds. The van der Waals surface area contributed by atoms with Gasteiger partial charge >= 0.3 is 38.9 Å². The second-order valence-corrected chi connectivity index (χ2v) is 0. The van der Waals surface area contributed by atoms with E-state index in [9.17, 15) is 0 Å². The molecule has 4 heavy (non-hydrogen) atoms. The second kappa shape index (κ2) is 20.8. The van der Waals surface area contributed by atoms with Gasteiger partial charge in [-0.2, -0.15) is 0 Å². The molecule has 0 fully saturated rings. The van der Waals surface area contributed by atoms with Crippen LogP contribution >= 0.6 is 0 Å². The van der Waals surface area contributed by atoms with Gasteiger partial charge in [-0.05, 0) is 0 Å². The Morgan fingerprint density at radius 2 is 1.00 bits per heavy atom. The Balaban J connectivity index is 0. The van der Waals surface area contributed by atoms with Crippen LogP contribution in [0.3, 0.4) is 0 Å². The predicted octanol–water partition coefficient (Wildman–Crippen LogP) is -0.126. The van der Waals surface area contributed by atoms with E-state index in [4.69, 9.17) is 0 Å². The van der Waals surface area contributed by atoms with Crippen LogP contribution in [0, 0.1) is 0 Å². The third kappa shape index (κ3) is 9.10. The average molecular weight is 439 g/mol. The van der Waals surface area contributed by atoms with Gasteiger partial charge in [0.1, 0.15) is 0 Å². The minimum Gasteiger partial charge on any atom is -2.00 e. The zero-order valence-electron chi connectivity index (χ0n) is 1.58. The van der Waals surface area contributed by atoms with Crippen LogP contribution in [-0.4, -0.2) is 0 Å². The van der Waals surface area contributed by atoms with Gasteiger partial charge in [-0.3, -0.25) is 0 Å². The standard InChI is InChI=1S/Ni.O.Ta.W/q+2;-2;+5;. The molecule has 0 atom stereocenters. The van der Waals surface area contributed by atoms with E-state index in [0.717, 1.165) is 0 Å². The maximum Gasteiger partial charge on any atom is 5.00 e. The summed E-state index contributed by atoms with van der Waals surface area (Å²) in [4.78, 5) is 0. The van der Waals surface area contributed by atoms with Gasteiger partial charge in [0.25, 0.3) is 0 Å². The maximum absolute atomic E-state index is 0. The second-order valence-electron chi connectivity index (χ2n) is 0. The van der Waals surface area contributed by atoms with Crippen molar-refractivity contribution in [2.75, 3.05) is 0 Å². The van der Waals surface area contributed by atoms with E-state index < -0.39 is 0 Å². The Labute approximate surface area is 64.9 Å². The van der Waals surface area contributed by atoms with Crippen LogP contribution in [-0.2, 0) is 65.4 Å². The minimum atomic E-state index is 0. The summed E-state index contributed by atoms with van der Waals surface area (Å²) in [6.07, 6.45) is 0. The van der Waals surface area contributed by atoms with E-state index in [1.54, 1.807) is 0 Å². The fourth-order valence-electron chi connectivity index (χ4n) is 0. The van der Waals surface area contributed by atoms with Crippen molar-refractivity contribution >= 4 is 0 Å². The van der Waals surface area contributed by atoms with Crippen molar-refractivity contribution in [3.05, 3.63) is 0 Å². The summed E-state index contributed by atoms with van der Waals surface area (Å²) in [5, 5.41) is 0. The van der Waals surface area contributed by atoms with Gasteiger partial charge in [0, 0.05) is 21.1 Å². The molecule has 0 bridgehead atoms. The molecular formula is NiOTaW+5. The molecule has 0 radical (unpaired) electrons. The SMILES string of the molecule is [Ni+2].[O-2].[Ta+5].[W]. The first kappa shape index (κ1) is 39.6. The zero-order valence-corrected chi connectivity index (χ0v) is 8.71. The van der Waals surface area contributed by atoms with Gasteiger partial charge in [-0.15, -0.1) is 0 Å². The van der Waals surface area contributed by atoms with E-state index in [2.05, 4.69) is 0 Å². The quantitative estimate of drug-likeness (QED) is 0.471. The molecule has 0 spiro atoms. The van der Waals surface area contributed by atoms with Crippen LogP contribution in [0.1, 0.15) is 0 Å². The molecule has 0 saturated heterocycles. The largest absolute Gasteiger partial charge is 5.00 e. The summed E-state index contributed by atoms with van der Waals surface area (Å²) in [7, 11) is 0. The Bertz CT molecular complexity index is 8.00. The van der Waals surface area contributed by atoms with E-state index in [0.29, 0.717) is 0 Å². The zero-order chi connectivity index (χ0) is 0. The Morgan fingerprint density at radius 3 is 1.00 bits per heavy atom. The van der Waals surface area contributed by atoms with Crippen LogP contribution in [0.2, 0.25) is 0 Å². The van der Waals surface area contributed by atoms with E-state index in [-0.39, 0.29) is 65.4 Å². The first-order valence-corrected chi connectivity index (χ1v) is 0. The molecule has 0 heterocycles. The van der Waals surface area contributed by atoms with E-state index in [1.165, 1.54) is 0 Å². The van der Waals surface area contributed by atoms with E-state index >= 15 is 0 Å². The van der Waals surface area contributed by atoms with Gasteiger partial charge in [0.15, 0.2) is 0 Å². The van der Waals surface area contributed by atoms with Crippen molar-refractivity contribution in [3.8, 4) is 0 Å². The summed E-state index contributed by atoms with van der Waals surface area (Å²) in [6.45, 7) is 0. The first-order valence-electron chi connectivity index (χ1n) is 0. The third-order valence-electron chi connectivity index (χ3n) is 0. The van der Waals surface area contributed by atoms with Gasteiger partial charge in [0.05, 0.1) is 0 Å². The van der Waals surface area contributed by atoms with Crippen molar-refractivity contribution < 1.29 is 65.4 Å². The first-order chi connectivity index (χ1) is 0. The van der Waals surface area contributed by atoms with Crippen LogP contribution in [0.25, 0.3) is 0 Å². The van der Waals surface area contributed by atoms with Gasteiger partial charge in [-0.1, -0.05) is 0 Å². The molecule has 4 heteroatoms. The smallest absolute Gasteiger partial charge is 2.00 e. The van der Waals surface area contributed by atoms with Crippen molar-refractivity contribution in [1.29, 1.82) is 0 Å². The predicted molar refractivity (Wildman–Crippen MR) is 0.686 cm³/mol. The van der Waals surface area contributed by atoms with Crippen LogP contribution < -0.4 is 0 Å². The molecule has 0 aromatic carbocycles. The molecule has 0 unspecified atom stereocenters. The number of hydrogen-bond acceptors (Lipinski definition) is 0. The molecular weight excluding hydrogens is 439 g/mol. The molecule has 0 aliphatic carbocycles. The monoisotopic (exact) mass is 439 g/mol. The van der Waals surface area contributed by atoms with E-state index in [1.807, 2.05) is 0 Å². The summed E-state index contributed by atoms with van der Waals surface area (Å²) in [6, 6.07) is 0. The van der Waals surface area contributed by atoms with Crippen LogP contribution in [0.4, 0.5) is 0 Å². The topological polar surface area (TPSA) is 28.5 Å². The Kier molecular flexibility index (Phi) is 206. The van der Waals surface area contributed by atoms with Crippen LogP contribution in [0.15, 0.2) is 0 Å². The molecule has 22 valence electrons. The summed E-state index contributed by atoms with van der Waals surface area (Å²) >= 11 is 0. The van der Waals surface area contributed by atoms with Crippen molar-refractivity contribution in [2.24, 2.45) is 0 Å². The van der Waals surface area contributed by atoms with Crippen molar-refractivity contribution in [1.82, 2.24) is 0 Å². The summed E-state index contributed by atoms with van der Waals surface area (Å²) < 4.78 is 0. The molecule has 1 nitrogen and oxygen atoms in total. The summed E-state index contributed by atoms with van der Waals surface area (Å²) in [5.74, 6) is 0. The molecule has 0 N–H and O–H groups in total. The molecule has 0 aliphatic rings. The molecule has 0 aromatic rings.